The lowest BCUT2D eigenvalue weighted by atomic mass is 10.0. The van der Waals surface area contributed by atoms with Crippen molar-refractivity contribution < 1.29 is 5.11 Å². The molecule has 0 saturated carbocycles. The first kappa shape index (κ1) is 12.9. The highest BCUT2D eigenvalue weighted by Crippen LogP contribution is 2.22. The summed E-state index contributed by atoms with van der Waals surface area (Å²) in [5.74, 6) is 0.472. The Morgan fingerprint density at radius 2 is 2.00 bits per heavy atom. The van der Waals surface area contributed by atoms with Crippen LogP contribution in [0.5, 0.6) is 0 Å². The summed E-state index contributed by atoms with van der Waals surface area (Å²) in [4.78, 5) is 3.99. The van der Waals surface area contributed by atoms with E-state index in [1.807, 2.05) is 30.3 Å². The third-order valence-electron chi connectivity index (χ3n) is 2.84. The number of halogens is 1. The van der Waals surface area contributed by atoms with E-state index in [0.29, 0.717) is 23.7 Å². The minimum atomic E-state index is -0.496. The summed E-state index contributed by atoms with van der Waals surface area (Å²) >= 11 is 5.87. The van der Waals surface area contributed by atoms with Gasteiger partial charge in [-0.2, -0.15) is 0 Å². The minimum Gasteiger partial charge on any atom is -0.388 e. The predicted octanol–water partition coefficient (Wildman–Crippen LogP) is 2.98. The number of aryl methyl sites for hydroxylation is 1. The number of nitrogens with zero attached hydrogens (tertiary/aromatic N) is 1. The maximum absolute atomic E-state index is 10.0. The normalized spacial score (nSPS) is 12.3. The summed E-state index contributed by atoms with van der Waals surface area (Å²) in [6, 6.07) is 11.4. The molecule has 0 bridgehead atoms. The van der Waals surface area contributed by atoms with Crippen LogP contribution in [-0.4, -0.2) is 10.1 Å². The second-order valence-electron chi connectivity index (χ2n) is 4.16. The van der Waals surface area contributed by atoms with Crippen molar-refractivity contribution in [2.75, 3.05) is 5.73 Å². The molecule has 0 aliphatic rings. The predicted molar refractivity (Wildman–Crippen MR) is 73.4 cm³/mol. The second-order valence-corrected chi connectivity index (χ2v) is 4.60. The highest BCUT2D eigenvalue weighted by molar-refractivity contribution is 6.30. The molecule has 94 valence electrons. The molecule has 1 unspecified atom stereocenters. The van der Waals surface area contributed by atoms with E-state index in [0.717, 1.165) is 11.1 Å². The van der Waals surface area contributed by atoms with Crippen molar-refractivity contribution in [3.8, 4) is 0 Å². The maximum Gasteiger partial charge on any atom is 0.126 e. The fourth-order valence-corrected chi connectivity index (χ4v) is 2.01. The largest absolute Gasteiger partial charge is 0.388 e. The molecule has 18 heavy (non-hydrogen) atoms. The van der Waals surface area contributed by atoms with Crippen LogP contribution >= 0.6 is 11.6 Å². The first-order valence-corrected chi connectivity index (χ1v) is 6.17. The Hall–Kier alpha value is -1.58. The first-order chi connectivity index (χ1) is 8.66. The second kappa shape index (κ2) is 5.85. The van der Waals surface area contributed by atoms with E-state index < -0.39 is 6.10 Å². The zero-order valence-electron chi connectivity index (χ0n) is 9.88. The molecule has 2 aromatic rings. The third kappa shape index (κ3) is 3.22. The molecular weight excluding hydrogens is 248 g/mol. The molecule has 0 spiro atoms. The molecule has 3 N–H and O–H groups in total. The Kier molecular flexibility index (Phi) is 4.18. The van der Waals surface area contributed by atoms with E-state index >= 15 is 0 Å². The molecule has 3 nitrogen and oxygen atoms in total. The van der Waals surface area contributed by atoms with Gasteiger partial charge in [-0.05, 0) is 30.0 Å². The molecule has 2 rings (SSSR count). The molecule has 0 aliphatic carbocycles. The number of pyridine rings is 1. The van der Waals surface area contributed by atoms with E-state index in [1.54, 1.807) is 6.07 Å². The molecule has 0 saturated heterocycles. The molecule has 1 atom stereocenters. The zero-order chi connectivity index (χ0) is 13.0. The van der Waals surface area contributed by atoms with Crippen molar-refractivity contribution in [3.63, 3.8) is 0 Å². The van der Waals surface area contributed by atoms with Crippen molar-refractivity contribution >= 4 is 17.4 Å². The quantitative estimate of drug-likeness (QED) is 0.891. The topological polar surface area (TPSA) is 59.1 Å². The van der Waals surface area contributed by atoms with Gasteiger partial charge in [0.15, 0.2) is 0 Å². The third-order valence-corrected chi connectivity index (χ3v) is 3.05. The minimum absolute atomic E-state index is 0.472. The SMILES string of the molecule is Nc1ncc(Cl)cc1CCC(O)c1ccccc1. The number of anilines is 1. The van der Waals surface area contributed by atoms with Crippen LogP contribution in [0.2, 0.25) is 5.02 Å². The summed E-state index contributed by atoms with van der Waals surface area (Å²) in [6.45, 7) is 0. The van der Waals surface area contributed by atoms with Gasteiger partial charge in [0.2, 0.25) is 0 Å². The Labute approximate surface area is 111 Å². The number of hydrogen-bond donors (Lipinski definition) is 2. The molecular formula is C14H15ClN2O. The Bertz CT molecular complexity index is 516. The van der Waals surface area contributed by atoms with Gasteiger partial charge in [0.25, 0.3) is 0 Å². The van der Waals surface area contributed by atoms with E-state index in [-0.39, 0.29) is 0 Å². The smallest absolute Gasteiger partial charge is 0.126 e. The van der Waals surface area contributed by atoms with Crippen LogP contribution in [0.15, 0.2) is 42.6 Å². The monoisotopic (exact) mass is 262 g/mol. The summed E-state index contributed by atoms with van der Waals surface area (Å²) in [6.07, 6.45) is 2.27. The van der Waals surface area contributed by atoms with E-state index in [1.165, 1.54) is 6.20 Å². The van der Waals surface area contributed by atoms with Crippen molar-refractivity contribution in [1.29, 1.82) is 0 Å². The Morgan fingerprint density at radius 3 is 2.72 bits per heavy atom. The van der Waals surface area contributed by atoms with Gasteiger partial charge in [0.1, 0.15) is 5.82 Å². The summed E-state index contributed by atoms with van der Waals surface area (Å²) in [5.41, 5.74) is 7.54. The van der Waals surface area contributed by atoms with Crippen LogP contribution in [0.1, 0.15) is 23.7 Å². The van der Waals surface area contributed by atoms with Crippen LogP contribution in [0.4, 0.5) is 5.82 Å². The number of aromatic nitrogens is 1. The number of aliphatic hydroxyl groups is 1. The molecule has 1 aromatic carbocycles. The van der Waals surface area contributed by atoms with Gasteiger partial charge in [-0.15, -0.1) is 0 Å². The van der Waals surface area contributed by atoms with E-state index in [2.05, 4.69) is 4.98 Å². The number of rotatable bonds is 4. The first-order valence-electron chi connectivity index (χ1n) is 5.79. The van der Waals surface area contributed by atoms with Gasteiger partial charge in [0, 0.05) is 6.20 Å². The summed E-state index contributed by atoms with van der Waals surface area (Å²) in [5, 5.41) is 10.6. The lowest BCUT2D eigenvalue weighted by Crippen LogP contribution is -2.02. The Morgan fingerprint density at radius 1 is 1.28 bits per heavy atom. The van der Waals surface area contributed by atoms with Crippen LogP contribution in [-0.2, 0) is 6.42 Å². The standard InChI is InChI=1S/C14H15ClN2O/c15-12-8-11(14(16)17-9-12)6-7-13(18)10-4-2-1-3-5-10/h1-5,8-9,13,18H,6-7H2,(H2,16,17). The van der Waals surface area contributed by atoms with Crippen LogP contribution in [0, 0.1) is 0 Å². The summed E-state index contributed by atoms with van der Waals surface area (Å²) in [7, 11) is 0. The number of nitrogen functional groups attached to an aromatic ring is 1. The van der Waals surface area contributed by atoms with Gasteiger partial charge in [-0.25, -0.2) is 4.98 Å². The van der Waals surface area contributed by atoms with Crippen molar-refractivity contribution in [2.45, 2.75) is 18.9 Å². The fraction of sp³-hybridized carbons (Fsp3) is 0.214. The molecule has 1 heterocycles. The van der Waals surface area contributed by atoms with Crippen molar-refractivity contribution in [3.05, 3.63) is 58.7 Å². The average Bonchev–Trinajstić information content (AvgIpc) is 2.40. The van der Waals surface area contributed by atoms with E-state index in [9.17, 15) is 5.11 Å². The fourth-order valence-electron chi connectivity index (χ4n) is 1.83. The molecule has 0 radical (unpaired) electrons. The van der Waals surface area contributed by atoms with Gasteiger partial charge in [0.05, 0.1) is 11.1 Å². The van der Waals surface area contributed by atoms with Crippen LogP contribution in [0.25, 0.3) is 0 Å². The van der Waals surface area contributed by atoms with Crippen molar-refractivity contribution in [1.82, 2.24) is 4.98 Å². The molecule has 0 amide bonds. The number of benzene rings is 1. The summed E-state index contributed by atoms with van der Waals surface area (Å²) < 4.78 is 0. The van der Waals surface area contributed by atoms with Crippen LogP contribution in [0.3, 0.4) is 0 Å². The molecule has 0 aliphatic heterocycles. The number of aliphatic hydroxyl groups excluding tert-OH is 1. The molecule has 4 heteroatoms. The van der Waals surface area contributed by atoms with Crippen LogP contribution < -0.4 is 5.73 Å². The molecule has 1 aromatic heterocycles. The average molecular weight is 263 g/mol. The number of hydrogen-bond acceptors (Lipinski definition) is 3. The van der Waals surface area contributed by atoms with Gasteiger partial charge >= 0.3 is 0 Å². The Balaban J connectivity index is 2.01. The zero-order valence-corrected chi connectivity index (χ0v) is 10.6. The maximum atomic E-state index is 10.0. The van der Waals surface area contributed by atoms with Gasteiger partial charge in [-0.3, -0.25) is 0 Å². The highest BCUT2D eigenvalue weighted by atomic mass is 35.5. The number of nitrogens with two attached hydrogens (primary N) is 1. The van der Waals surface area contributed by atoms with Gasteiger partial charge in [-0.1, -0.05) is 41.9 Å². The lowest BCUT2D eigenvalue weighted by Gasteiger charge is -2.11. The van der Waals surface area contributed by atoms with Gasteiger partial charge < -0.3 is 10.8 Å². The van der Waals surface area contributed by atoms with Crippen molar-refractivity contribution in [2.24, 2.45) is 0 Å². The lowest BCUT2D eigenvalue weighted by molar-refractivity contribution is 0.168. The van der Waals surface area contributed by atoms with E-state index in [4.69, 9.17) is 17.3 Å². The molecule has 0 fully saturated rings. The highest BCUT2D eigenvalue weighted by Gasteiger charge is 2.09.